The molecule has 1 aromatic rings. The minimum absolute atomic E-state index is 0.135. The number of piperidine rings is 1. The highest BCUT2D eigenvalue weighted by Crippen LogP contribution is 2.41. The molecule has 2 bridgehead atoms. The smallest absolute Gasteiger partial charge is 0.243 e. The molecule has 2 N–H and O–H groups in total. The molecule has 0 amide bonds. The second kappa shape index (κ2) is 5.45. The highest BCUT2D eigenvalue weighted by atomic mass is 16.5. The van der Waals surface area contributed by atoms with Crippen molar-refractivity contribution in [2.24, 2.45) is 11.7 Å². The van der Waals surface area contributed by atoms with Crippen LogP contribution in [0, 0.1) is 5.92 Å². The zero-order valence-corrected chi connectivity index (χ0v) is 12.7. The zero-order valence-electron chi connectivity index (χ0n) is 12.7. The Bertz CT molecular complexity index is 446. The Morgan fingerprint density at radius 2 is 2.00 bits per heavy atom. The second-order valence-corrected chi connectivity index (χ2v) is 6.62. The van der Waals surface area contributed by atoms with E-state index in [2.05, 4.69) is 35.9 Å². The first-order valence-corrected chi connectivity index (χ1v) is 7.91. The minimum Gasteiger partial charge on any atom is -0.338 e. The van der Waals surface area contributed by atoms with Crippen LogP contribution in [0.25, 0.3) is 0 Å². The monoisotopic (exact) mass is 278 g/mol. The summed E-state index contributed by atoms with van der Waals surface area (Å²) in [5, 5.41) is 4.21. The van der Waals surface area contributed by atoms with Crippen molar-refractivity contribution in [3.05, 3.63) is 11.7 Å². The SMILES string of the molecule is CC[C@H](C)[C@H](N)c1nc(C2CC3CCC(C2)N3C)no1. The molecule has 2 aliphatic heterocycles. The van der Waals surface area contributed by atoms with E-state index in [0.29, 0.717) is 29.8 Å². The highest BCUT2D eigenvalue weighted by Gasteiger charge is 2.40. The van der Waals surface area contributed by atoms with E-state index in [1.165, 1.54) is 12.8 Å². The number of fused-ring (bicyclic) bond motifs is 2. The molecule has 2 aliphatic rings. The Kier molecular flexibility index (Phi) is 3.82. The van der Waals surface area contributed by atoms with Gasteiger partial charge in [0.15, 0.2) is 5.82 Å². The predicted octanol–water partition coefficient (Wildman–Crippen LogP) is 2.46. The molecule has 0 saturated carbocycles. The molecule has 3 rings (SSSR count). The van der Waals surface area contributed by atoms with Gasteiger partial charge in [0.2, 0.25) is 5.89 Å². The maximum Gasteiger partial charge on any atom is 0.243 e. The van der Waals surface area contributed by atoms with Gasteiger partial charge in [0.1, 0.15) is 0 Å². The van der Waals surface area contributed by atoms with E-state index in [1.807, 2.05) is 0 Å². The molecule has 2 saturated heterocycles. The van der Waals surface area contributed by atoms with Crippen LogP contribution >= 0.6 is 0 Å². The van der Waals surface area contributed by atoms with E-state index in [9.17, 15) is 0 Å². The van der Waals surface area contributed by atoms with Crippen LogP contribution in [0.1, 0.15) is 69.6 Å². The van der Waals surface area contributed by atoms with Crippen LogP contribution in [-0.4, -0.2) is 34.2 Å². The molecule has 4 atom stereocenters. The number of aromatic nitrogens is 2. The fourth-order valence-corrected chi connectivity index (χ4v) is 3.67. The van der Waals surface area contributed by atoms with Gasteiger partial charge < -0.3 is 15.2 Å². The summed E-state index contributed by atoms with van der Waals surface area (Å²) in [5.41, 5.74) is 6.18. The molecule has 1 aromatic heterocycles. The zero-order chi connectivity index (χ0) is 14.3. The Morgan fingerprint density at radius 1 is 1.35 bits per heavy atom. The van der Waals surface area contributed by atoms with E-state index in [4.69, 9.17) is 10.3 Å². The van der Waals surface area contributed by atoms with Gasteiger partial charge in [0, 0.05) is 18.0 Å². The maximum atomic E-state index is 6.18. The molecule has 5 nitrogen and oxygen atoms in total. The van der Waals surface area contributed by atoms with Gasteiger partial charge in [-0.1, -0.05) is 25.4 Å². The molecule has 5 heteroatoms. The van der Waals surface area contributed by atoms with Crippen molar-refractivity contribution in [3.63, 3.8) is 0 Å². The van der Waals surface area contributed by atoms with Crippen molar-refractivity contribution in [2.45, 2.75) is 70.0 Å². The van der Waals surface area contributed by atoms with Gasteiger partial charge in [-0.15, -0.1) is 0 Å². The lowest BCUT2D eigenvalue weighted by Crippen LogP contribution is -2.39. The van der Waals surface area contributed by atoms with Crippen molar-refractivity contribution < 1.29 is 4.52 Å². The normalized spacial score (nSPS) is 33.3. The van der Waals surface area contributed by atoms with E-state index in [0.717, 1.165) is 25.1 Å². The second-order valence-electron chi connectivity index (χ2n) is 6.62. The molecule has 2 unspecified atom stereocenters. The lowest BCUT2D eigenvalue weighted by molar-refractivity contribution is 0.157. The highest BCUT2D eigenvalue weighted by molar-refractivity contribution is 5.06. The topological polar surface area (TPSA) is 68.2 Å². The first-order valence-electron chi connectivity index (χ1n) is 7.91. The summed E-state index contributed by atoms with van der Waals surface area (Å²) < 4.78 is 5.42. The van der Waals surface area contributed by atoms with Gasteiger partial charge in [-0.2, -0.15) is 4.98 Å². The average molecular weight is 278 g/mol. The predicted molar refractivity (Wildman–Crippen MR) is 77.2 cm³/mol. The average Bonchev–Trinajstić information content (AvgIpc) is 3.00. The largest absolute Gasteiger partial charge is 0.338 e. The Morgan fingerprint density at radius 3 is 2.60 bits per heavy atom. The van der Waals surface area contributed by atoms with Crippen LogP contribution in [0.3, 0.4) is 0 Å². The Hall–Kier alpha value is -0.940. The molecule has 0 aromatic carbocycles. The summed E-state index contributed by atoms with van der Waals surface area (Å²) in [6.45, 7) is 4.26. The summed E-state index contributed by atoms with van der Waals surface area (Å²) in [6, 6.07) is 1.26. The maximum absolute atomic E-state index is 6.18. The third kappa shape index (κ3) is 2.37. The number of hydrogen-bond donors (Lipinski definition) is 1. The summed E-state index contributed by atoms with van der Waals surface area (Å²) in [5.74, 6) is 2.31. The Balaban J connectivity index is 1.71. The fraction of sp³-hybridized carbons (Fsp3) is 0.867. The van der Waals surface area contributed by atoms with Crippen LogP contribution < -0.4 is 5.73 Å². The van der Waals surface area contributed by atoms with Crippen molar-refractivity contribution in [3.8, 4) is 0 Å². The molecular formula is C15H26N4O. The molecule has 0 radical (unpaired) electrons. The molecule has 0 spiro atoms. The van der Waals surface area contributed by atoms with Gasteiger partial charge in [0.25, 0.3) is 0 Å². The summed E-state index contributed by atoms with van der Waals surface area (Å²) >= 11 is 0. The quantitative estimate of drug-likeness (QED) is 0.916. The fourth-order valence-electron chi connectivity index (χ4n) is 3.67. The van der Waals surface area contributed by atoms with Crippen LogP contribution in [-0.2, 0) is 0 Å². The summed E-state index contributed by atoms with van der Waals surface area (Å²) in [6.07, 6.45) is 5.97. The minimum atomic E-state index is -0.135. The van der Waals surface area contributed by atoms with Gasteiger partial charge in [-0.25, -0.2) is 0 Å². The number of nitrogens with two attached hydrogens (primary N) is 1. The summed E-state index contributed by atoms with van der Waals surface area (Å²) in [4.78, 5) is 7.13. The van der Waals surface area contributed by atoms with Crippen molar-refractivity contribution in [1.82, 2.24) is 15.0 Å². The Labute approximate surface area is 120 Å². The third-order valence-electron chi connectivity index (χ3n) is 5.46. The van der Waals surface area contributed by atoms with Crippen LogP contribution in [0.15, 0.2) is 4.52 Å². The molecule has 112 valence electrons. The van der Waals surface area contributed by atoms with Crippen molar-refractivity contribution in [2.75, 3.05) is 7.05 Å². The standard InChI is InChI=1S/C15H26N4O/c1-4-9(2)13(16)15-17-14(18-20-15)10-7-11-5-6-12(8-10)19(11)3/h9-13H,4-8,16H2,1-3H3/t9-,10?,11?,12?,13-/m0/s1. The van der Waals surface area contributed by atoms with Gasteiger partial charge in [0.05, 0.1) is 6.04 Å². The van der Waals surface area contributed by atoms with E-state index >= 15 is 0 Å². The van der Waals surface area contributed by atoms with Crippen molar-refractivity contribution >= 4 is 0 Å². The number of hydrogen-bond acceptors (Lipinski definition) is 5. The lowest BCUT2D eigenvalue weighted by atomic mass is 9.90. The van der Waals surface area contributed by atoms with Crippen LogP contribution in [0.5, 0.6) is 0 Å². The van der Waals surface area contributed by atoms with Gasteiger partial charge in [-0.3, -0.25) is 0 Å². The molecular weight excluding hydrogens is 252 g/mol. The van der Waals surface area contributed by atoms with Crippen LogP contribution in [0.4, 0.5) is 0 Å². The van der Waals surface area contributed by atoms with Crippen LogP contribution in [0.2, 0.25) is 0 Å². The summed E-state index contributed by atoms with van der Waals surface area (Å²) in [7, 11) is 2.25. The molecule has 3 heterocycles. The molecule has 2 fully saturated rings. The third-order valence-corrected chi connectivity index (χ3v) is 5.46. The van der Waals surface area contributed by atoms with E-state index < -0.39 is 0 Å². The number of rotatable bonds is 4. The van der Waals surface area contributed by atoms with Crippen molar-refractivity contribution in [1.29, 1.82) is 0 Å². The first-order chi connectivity index (χ1) is 9.60. The van der Waals surface area contributed by atoms with Gasteiger partial charge >= 0.3 is 0 Å². The first kappa shape index (κ1) is 14.0. The number of nitrogens with zero attached hydrogens (tertiary/aromatic N) is 3. The van der Waals surface area contributed by atoms with E-state index in [1.54, 1.807) is 0 Å². The van der Waals surface area contributed by atoms with Gasteiger partial charge in [-0.05, 0) is 38.6 Å². The lowest BCUT2D eigenvalue weighted by Gasteiger charge is -2.34. The van der Waals surface area contributed by atoms with E-state index in [-0.39, 0.29) is 6.04 Å². The molecule has 0 aliphatic carbocycles. The molecule has 20 heavy (non-hydrogen) atoms.